The first-order valence-corrected chi connectivity index (χ1v) is 5.71. The van der Waals surface area contributed by atoms with E-state index in [1.165, 1.54) is 0 Å². The lowest BCUT2D eigenvalue weighted by molar-refractivity contribution is 0.0949. The van der Waals surface area contributed by atoms with E-state index in [-0.39, 0.29) is 11.7 Å². The molecular weight excluding hydrogens is 230 g/mol. The molecule has 0 atom stereocenters. The molecular formula is C13H15N3O2. The van der Waals surface area contributed by atoms with Crippen molar-refractivity contribution in [2.45, 2.75) is 13.5 Å². The molecule has 5 heteroatoms. The normalized spacial score (nSPS) is 10.3. The molecule has 0 radical (unpaired) electrons. The first-order valence-electron chi connectivity index (χ1n) is 5.71. The predicted octanol–water partition coefficient (Wildman–Crippen LogP) is 1.33. The fraction of sp³-hybridized carbons (Fsp3) is 0.231. The Labute approximate surface area is 105 Å². The Morgan fingerprint density at radius 1 is 1.50 bits per heavy atom. The monoisotopic (exact) mass is 245 g/mol. The predicted molar refractivity (Wildman–Crippen MR) is 67.4 cm³/mol. The molecule has 0 aliphatic carbocycles. The Bertz CT molecular complexity index is 535. The lowest BCUT2D eigenvalue weighted by Gasteiger charge is -2.08. The summed E-state index contributed by atoms with van der Waals surface area (Å²) in [6, 6.07) is 5.12. The van der Waals surface area contributed by atoms with Gasteiger partial charge in [-0.2, -0.15) is 0 Å². The molecule has 0 aliphatic heterocycles. The number of rotatable bonds is 4. The van der Waals surface area contributed by atoms with Crippen molar-refractivity contribution in [2.75, 3.05) is 6.54 Å². The van der Waals surface area contributed by atoms with Crippen molar-refractivity contribution in [2.24, 2.45) is 0 Å². The Morgan fingerprint density at radius 3 is 3.06 bits per heavy atom. The SMILES string of the molecule is Cc1cccc(C(=O)NCCn2ccnc2)c1O. The minimum Gasteiger partial charge on any atom is -0.507 e. The number of aromatic hydroxyl groups is 1. The second-order valence-electron chi connectivity index (χ2n) is 4.03. The Balaban J connectivity index is 1.93. The molecule has 18 heavy (non-hydrogen) atoms. The second-order valence-corrected chi connectivity index (χ2v) is 4.03. The van der Waals surface area contributed by atoms with Gasteiger partial charge in [0.1, 0.15) is 5.75 Å². The molecule has 1 heterocycles. The summed E-state index contributed by atoms with van der Waals surface area (Å²) in [6.07, 6.45) is 5.21. The number of hydrogen-bond acceptors (Lipinski definition) is 3. The van der Waals surface area contributed by atoms with Gasteiger partial charge in [-0.05, 0) is 18.6 Å². The van der Waals surface area contributed by atoms with Crippen LogP contribution in [0.2, 0.25) is 0 Å². The molecule has 0 fully saturated rings. The molecule has 0 spiro atoms. The van der Waals surface area contributed by atoms with Crippen LogP contribution >= 0.6 is 0 Å². The topological polar surface area (TPSA) is 67.2 Å². The van der Waals surface area contributed by atoms with Gasteiger partial charge in [0.2, 0.25) is 0 Å². The summed E-state index contributed by atoms with van der Waals surface area (Å²) in [5, 5.41) is 12.5. The van der Waals surface area contributed by atoms with Crippen molar-refractivity contribution < 1.29 is 9.90 Å². The highest BCUT2D eigenvalue weighted by Gasteiger charge is 2.11. The van der Waals surface area contributed by atoms with Crippen molar-refractivity contribution in [1.82, 2.24) is 14.9 Å². The van der Waals surface area contributed by atoms with Crippen LogP contribution in [-0.4, -0.2) is 27.1 Å². The number of nitrogens with one attached hydrogen (secondary N) is 1. The van der Waals surface area contributed by atoms with E-state index in [4.69, 9.17) is 0 Å². The van der Waals surface area contributed by atoms with Crippen molar-refractivity contribution in [3.63, 3.8) is 0 Å². The van der Waals surface area contributed by atoms with Gasteiger partial charge in [0, 0.05) is 25.5 Å². The van der Waals surface area contributed by atoms with Crippen LogP contribution in [0.4, 0.5) is 0 Å². The summed E-state index contributed by atoms with van der Waals surface area (Å²) in [5.74, 6) is -0.228. The molecule has 2 rings (SSSR count). The zero-order chi connectivity index (χ0) is 13.0. The first kappa shape index (κ1) is 12.2. The average molecular weight is 245 g/mol. The lowest BCUT2D eigenvalue weighted by Crippen LogP contribution is -2.27. The maximum Gasteiger partial charge on any atom is 0.255 e. The molecule has 1 aromatic heterocycles. The molecule has 1 amide bonds. The van der Waals surface area contributed by atoms with Gasteiger partial charge in [0.05, 0.1) is 11.9 Å². The van der Waals surface area contributed by atoms with Gasteiger partial charge >= 0.3 is 0 Å². The van der Waals surface area contributed by atoms with Crippen LogP contribution in [0.3, 0.4) is 0 Å². The Kier molecular flexibility index (Phi) is 3.62. The number of para-hydroxylation sites is 1. The molecule has 0 unspecified atom stereocenters. The number of nitrogens with zero attached hydrogens (tertiary/aromatic N) is 2. The van der Waals surface area contributed by atoms with Crippen LogP contribution in [0.15, 0.2) is 36.9 Å². The molecule has 0 bridgehead atoms. The van der Waals surface area contributed by atoms with E-state index in [0.717, 1.165) is 0 Å². The van der Waals surface area contributed by atoms with Crippen molar-refractivity contribution in [1.29, 1.82) is 0 Å². The third-order valence-corrected chi connectivity index (χ3v) is 2.70. The molecule has 0 aliphatic rings. The van der Waals surface area contributed by atoms with Crippen LogP contribution in [-0.2, 0) is 6.54 Å². The smallest absolute Gasteiger partial charge is 0.255 e. The van der Waals surface area contributed by atoms with Crippen molar-refractivity contribution in [3.05, 3.63) is 48.0 Å². The number of hydrogen-bond donors (Lipinski definition) is 2. The number of aromatic nitrogens is 2. The maximum atomic E-state index is 11.9. The maximum absolute atomic E-state index is 11.9. The van der Waals surface area contributed by atoms with Crippen molar-refractivity contribution in [3.8, 4) is 5.75 Å². The summed E-state index contributed by atoms with van der Waals surface area (Å²) in [6.45, 7) is 2.90. The number of phenols is 1. The van der Waals surface area contributed by atoms with E-state index in [2.05, 4.69) is 10.3 Å². The van der Waals surface area contributed by atoms with Gasteiger partial charge < -0.3 is 15.0 Å². The van der Waals surface area contributed by atoms with Crippen LogP contribution in [0, 0.1) is 6.92 Å². The van der Waals surface area contributed by atoms with Gasteiger partial charge in [-0.25, -0.2) is 4.98 Å². The minimum atomic E-state index is -0.267. The summed E-state index contributed by atoms with van der Waals surface area (Å²) < 4.78 is 1.87. The summed E-state index contributed by atoms with van der Waals surface area (Å²) in [4.78, 5) is 15.8. The quantitative estimate of drug-likeness (QED) is 0.853. The molecule has 2 N–H and O–H groups in total. The fourth-order valence-electron chi connectivity index (χ4n) is 1.65. The van der Waals surface area contributed by atoms with Crippen LogP contribution in [0.5, 0.6) is 5.75 Å². The standard InChI is InChI=1S/C13H15N3O2/c1-10-3-2-4-11(12(10)17)13(18)15-6-8-16-7-5-14-9-16/h2-5,7,9,17H,6,8H2,1H3,(H,15,18). The van der Waals surface area contributed by atoms with Crippen LogP contribution in [0.1, 0.15) is 15.9 Å². The third kappa shape index (κ3) is 2.68. The molecule has 0 saturated heterocycles. The number of amides is 1. The molecule has 0 saturated carbocycles. The van der Waals surface area contributed by atoms with Crippen molar-refractivity contribution >= 4 is 5.91 Å². The highest BCUT2D eigenvalue weighted by atomic mass is 16.3. The number of phenolic OH excluding ortho intramolecular Hbond substituents is 1. The van der Waals surface area contributed by atoms with Gasteiger partial charge in [0.25, 0.3) is 5.91 Å². The zero-order valence-corrected chi connectivity index (χ0v) is 10.1. The van der Waals surface area contributed by atoms with E-state index in [9.17, 15) is 9.90 Å². The molecule has 5 nitrogen and oxygen atoms in total. The average Bonchev–Trinajstić information content (AvgIpc) is 2.85. The number of imidazole rings is 1. The lowest BCUT2D eigenvalue weighted by atomic mass is 10.1. The Morgan fingerprint density at radius 2 is 2.33 bits per heavy atom. The van der Waals surface area contributed by atoms with E-state index in [0.29, 0.717) is 24.2 Å². The van der Waals surface area contributed by atoms with E-state index < -0.39 is 0 Å². The van der Waals surface area contributed by atoms with Crippen LogP contribution in [0.25, 0.3) is 0 Å². The molecule has 1 aromatic carbocycles. The van der Waals surface area contributed by atoms with E-state index >= 15 is 0 Å². The van der Waals surface area contributed by atoms with Crippen LogP contribution < -0.4 is 5.32 Å². The second kappa shape index (κ2) is 5.35. The van der Waals surface area contributed by atoms with Gasteiger partial charge in [0.15, 0.2) is 0 Å². The van der Waals surface area contributed by atoms with Gasteiger partial charge in [-0.1, -0.05) is 12.1 Å². The highest BCUT2D eigenvalue weighted by molar-refractivity contribution is 5.97. The summed E-state index contributed by atoms with van der Waals surface area (Å²) in [7, 11) is 0. The molecule has 94 valence electrons. The number of carbonyl (C=O) groups is 1. The third-order valence-electron chi connectivity index (χ3n) is 2.70. The summed E-state index contributed by atoms with van der Waals surface area (Å²) in [5.41, 5.74) is 0.998. The van der Waals surface area contributed by atoms with E-state index in [1.54, 1.807) is 37.6 Å². The van der Waals surface area contributed by atoms with E-state index in [1.807, 2.05) is 10.8 Å². The Hall–Kier alpha value is -2.30. The number of benzene rings is 1. The zero-order valence-electron chi connectivity index (χ0n) is 10.1. The number of carbonyl (C=O) groups excluding carboxylic acids is 1. The van der Waals surface area contributed by atoms with Gasteiger partial charge in [-0.15, -0.1) is 0 Å². The summed E-state index contributed by atoms with van der Waals surface area (Å²) >= 11 is 0. The first-order chi connectivity index (χ1) is 8.68. The number of aryl methyl sites for hydroxylation is 1. The minimum absolute atomic E-state index is 0.0395. The highest BCUT2D eigenvalue weighted by Crippen LogP contribution is 2.20. The molecule has 2 aromatic rings. The van der Waals surface area contributed by atoms with Gasteiger partial charge in [-0.3, -0.25) is 4.79 Å². The fourth-order valence-corrected chi connectivity index (χ4v) is 1.65. The largest absolute Gasteiger partial charge is 0.507 e.